The number of hydrogen-bond donors (Lipinski definition) is 2. The molecule has 15 heteroatoms. The van der Waals surface area contributed by atoms with Gasteiger partial charge in [0.15, 0.2) is 0 Å². The first-order valence-electron chi connectivity index (χ1n) is 14.4. The zero-order valence-corrected chi connectivity index (χ0v) is 31.1. The molecule has 258 valence electrons. The van der Waals surface area contributed by atoms with Gasteiger partial charge < -0.3 is 30.5 Å². The Morgan fingerprint density at radius 1 is 0.653 bits per heavy atom. The summed E-state index contributed by atoms with van der Waals surface area (Å²) in [6.07, 6.45) is 8.04. The maximum absolute atomic E-state index is 10.8. The maximum atomic E-state index is 10.8. The van der Waals surface area contributed by atoms with Crippen LogP contribution in [0.15, 0.2) is 73.3 Å². The van der Waals surface area contributed by atoms with Gasteiger partial charge in [-0.2, -0.15) is 10.3 Å². The third kappa shape index (κ3) is 16.3. The maximum Gasteiger partial charge on any atom is 2.00 e. The average molecular weight is 790 g/mol. The van der Waals surface area contributed by atoms with E-state index in [1.54, 1.807) is 12.4 Å². The number of aromatic nitrogens is 4. The number of carbonyl (C=O) groups is 2. The fourth-order valence-electron chi connectivity index (χ4n) is 3.42. The Balaban J connectivity index is 0.000000816. The Bertz CT molecular complexity index is 1620. The number of rotatable bonds is 10. The van der Waals surface area contributed by atoms with Gasteiger partial charge in [0.2, 0.25) is 0 Å². The topological polar surface area (TPSA) is 189 Å². The Morgan fingerprint density at radius 2 is 0.918 bits per heavy atom. The summed E-state index contributed by atoms with van der Waals surface area (Å²) < 4.78 is 12.1. The van der Waals surface area contributed by atoms with Gasteiger partial charge in [-0.25, -0.2) is 9.59 Å². The molecule has 4 rings (SSSR count). The van der Waals surface area contributed by atoms with Crippen molar-refractivity contribution >= 4 is 46.7 Å². The van der Waals surface area contributed by atoms with Crippen molar-refractivity contribution in [1.29, 1.82) is 0 Å². The largest absolute Gasteiger partial charge is 2.00 e. The van der Waals surface area contributed by atoms with Crippen LogP contribution in [0, 0.1) is 0 Å². The first kappa shape index (κ1) is 44.4. The van der Waals surface area contributed by atoms with Crippen molar-refractivity contribution in [3.05, 3.63) is 95.3 Å². The monoisotopic (exact) mass is 790 g/mol. The number of nitrogens with zero attached hydrogens (tertiary/aromatic N) is 6. The summed E-state index contributed by atoms with van der Waals surface area (Å²) in [6.45, 7) is 12.5. The molecule has 4 aromatic heterocycles. The number of isothiocyanates is 2. The Hall–Kier alpha value is -4.64. The Kier molecular flexibility index (Phi) is 20.0. The van der Waals surface area contributed by atoms with Crippen LogP contribution in [0.1, 0.15) is 75.1 Å². The molecule has 0 unspecified atom stereocenters. The number of thiocarbonyl (C=S) groups is 2. The molecule has 0 saturated heterocycles. The number of hydrogen-bond acceptors (Lipinski definition) is 10. The molecule has 4 aromatic rings. The van der Waals surface area contributed by atoms with Crippen LogP contribution in [0.25, 0.3) is 33.6 Å². The van der Waals surface area contributed by atoms with E-state index in [0.717, 1.165) is 35.7 Å². The van der Waals surface area contributed by atoms with Crippen molar-refractivity contribution in [3.63, 3.8) is 0 Å². The molecule has 0 radical (unpaired) electrons. The molecule has 49 heavy (non-hydrogen) atoms. The molecular formula is C34H36N6O6RuS2. The van der Waals surface area contributed by atoms with E-state index in [0.29, 0.717) is 11.4 Å². The molecule has 0 aliphatic carbocycles. The van der Waals surface area contributed by atoms with Crippen LogP contribution in [0.2, 0.25) is 0 Å². The summed E-state index contributed by atoms with van der Waals surface area (Å²) >= 11 is 7.40. The van der Waals surface area contributed by atoms with Crippen LogP contribution in [0.4, 0.5) is 0 Å². The molecule has 0 aliphatic rings. The van der Waals surface area contributed by atoms with E-state index >= 15 is 0 Å². The van der Waals surface area contributed by atoms with Crippen LogP contribution in [-0.2, 0) is 19.5 Å². The summed E-state index contributed by atoms with van der Waals surface area (Å²) in [4.78, 5) is 38.4. The van der Waals surface area contributed by atoms with Gasteiger partial charge in [-0.15, -0.1) is 0 Å². The molecule has 0 atom stereocenters. The third-order valence-electron chi connectivity index (χ3n) is 6.49. The summed E-state index contributed by atoms with van der Waals surface area (Å²) in [5, 5.41) is 34.6. The van der Waals surface area contributed by atoms with Gasteiger partial charge in [0, 0.05) is 36.9 Å². The van der Waals surface area contributed by atoms with Crippen LogP contribution in [-0.4, -0.2) is 63.6 Å². The van der Waals surface area contributed by atoms with Gasteiger partial charge in [-0.3, -0.25) is 19.9 Å². The second kappa shape index (κ2) is 22.1. The van der Waals surface area contributed by atoms with Crippen LogP contribution in [0.5, 0.6) is 11.5 Å². The van der Waals surface area contributed by atoms with Crippen LogP contribution in [0.3, 0.4) is 0 Å². The molecule has 0 amide bonds. The molecule has 0 aromatic carbocycles. The van der Waals surface area contributed by atoms with Crippen LogP contribution >= 0.6 is 24.4 Å². The fourth-order valence-corrected chi connectivity index (χ4v) is 3.42. The van der Waals surface area contributed by atoms with E-state index in [1.165, 1.54) is 47.0 Å². The van der Waals surface area contributed by atoms with E-state index in [2.05, 4.69) is 85.9 Å². The quantitative estimate of drug-likeness (QED) is 0.0893. The van der Waals surface area contributed by atoms with Crippen molar-refractivity contribution in [2.45, 2.75) is 65.6 Å². The number of carboxylic acids is 2. The predicted octanol–water partition coefficient (Wildman–Crippen LogP) is 8.13. The van der Waals surface area contributed by atoms with Crippen molar-refractivity contribution in [3.8, 4) is 34.3 Å². The third-order valence-corrected chi connectivity index (χ3v) is 6.49. The summed E-state index contributed by atoms with van der Waals surface area (Å²) in [5.74, 6) is -0.552. The van der Waals surface area contributed by atoms with Crippen molar-refractivity contribution in [2.75, 3.05) is 0 Å². The van der Waals surface area contributed by atoms with Gasteiger partial charge >= 0.3 is 31.4 Å². The molecule has 12 nitrogen and oxygen atoms in total. The Labute approximate surface area is 309 Å². The van der Waals surface area contributed by atoms with Crippen molar-refractivity contribution in [1.82, 2.24) is 19.9 Å². The average Bonchev–Trinajstić information content (AvgIpc) is 3.06. The van der Waals surface area contributed by atoms with Crippen LogP contribution < -0.4 is 9.47 Å². The van der Waals surface area contributed by atoms with E-state index in [9.17, 15) is 9.59 Å². The molecule has 0 spiro atoms. The van der Waals surface area contributed by atoms with E-state index < -0.39 is 11.9 Å². The normalized spacial score (nSPS) is 9.92. The molecule has 0 bridgehead atoms. The van der Waals surface area contributed by atoms with Crippen molar-refractivity contribution < 1.29 is 48.8 Å². The minimum absolute atomic E-state index is 0. The number of ether oxygens (including phenoxy) is 2. The van der Waals surface area contributed by atoms with E-state index in [-0.39, 0.29) is 41.8 Å². The second-order valence-corrected chi connectivity index (χ2v) is 11.2. The first-order chi connectivity index (χ1) is 22.6. The standard InChI is InChI=1S/C20H28N2O2.C12H8N2O4.2CNS.Ru/c1-7-19(3,4)23-15-9-11-21-17(13-15)18-14-16(10-12-22-18)24-20(5,6)8-2;15-11(16)7-1-3-13-9(5-7)10-6-8(12(17)18)2-4-14-10;2*2-1-3;/h9-14H,7-8H2,1-6H3;1-6H,(H,15,16)(H,17,18);;;/q;;2*-1;+2. The molecular weight excluding hydrogens is 754 g/mol. The summed E-state index contributed by atoms with van der Waals surface area (Å²) in [6, 6.07) is 13.0. The smallest absolute Gasteiger partial charge is 0.753 e. The van der Waals surface area contributed by atoms with Gasteiger partial charge in [0.05, 0.1) is 33.9 Å². The van der Waals surface area contributed by atoms with E-state index in [1.807, 2.05) is 24.3 Å². The second-order valence-electron chi connectivity index (χ2n) is 10.8. The zero-order chi connectivity index (χ0) is 36.3. The van der Waals surface area contributed by atoms with Crippen molar-refractivity contribution in [2.24, 2.45) is 0 Å². The molecule has 0 fully saturated rings. The summed E-state index contributed by atoms with van der Waals surface area (Å²) in [5.41, 5.74) is 1.92. The van der Waals surface area contributed by atoms with Gasteiger partial charge in [-0.05, 0) is 76.9 Å². The molecule has 0 saturated carbocycles. The predicted molar refractivity (Wildman–Crippen MR) is 191 cm³/mol. The number of pyridine rings is 4. The fraction of sp³-hybridized carbons (Fsp3) is 0.294. The number of carboxylic acid groups (broad SMARTS) is 2. The summed E-state index contributed by atoms with van der Waals surface area (Å²) in [7, 11) is 0. The first-order valence-corrected chi connectivity index (χ1v) is 15.2. The minimum Gasteiger partial charge on any atom is -0.753 e. The SMILES string of the molecule is CCC(C)(C)Oc1ccnc(-c2cc(OC(C)(C)CC)ccn2)c1.O=C(O)c1ccnc(-c2cc(C(=O)O)ccn2)c1.[N-]=C=S.[N-]=C=S.[Ru+2]. The molecule has 2 N–H and O–H groups in total. The van der Waals surface area contributed by atoms with Gasteiger partial charge in [0.25, 0.3) is 0 Å². The zero-order valence-electron chi connectivity index (χ0n) is 27.7. The number of aromatic carboxylic acids is 2. The minimum atomic E-state index is -1.08. The Morgan fingerprint density at radius 3 is 1.18 bits per heavy atom. The molecule has 4 heterocycles. The van der Waals surface area contributed by atoms with Gasteiger partial charge in [0.1, 0.15) is 22.7 Å². The molecule has 0 aliphatic heterocycles. The van der Waals surface area contributed by atoms with Gasteiger partial charge in [-0.1, -0.05) is 38.3 Å². The van der Waals surface area contributed by atoms with E-state index in [4.69, 9.17) is 30.5 Å².